The number of carbonyl (C=O) groups is 2. The fraction of sp³-hybridized carbons (Fsp3) is 0.304. The van der Waals surface area contributed by atoms with Crippen LogP contribution in [0.15, 0.2) is 103 Å². The molecule has 9 nitrogen and oxygen atoms in total. The number of benzene rings is 5. The summed E-state index contributed by atoms with van der Waals surface area (Å²) in [7, 11) is 0. The van der Waals surface area contributed by atoms with Gasteiger partial charge in [0.2, 0.25) is 11.7 Å². The smallest absolute Gasteiger partial charge is 0.257 e. The summed E-state index contributed by atoms with van der Waals surface area (Å²) in [5.74, 6) is -12.6. The second kappa shape index (κ2) is 17.1. The zero-order valence-corrected chi connectivity index (χ0v) is 32.6. The Kier molecular flexibility index (Phi) is 11.7. The van der Waals surface area contributed by atoms with Crippen molar-refractivity contribution in [3.8, 4) is 11.1 Å². The summed E-state index contributed by atoms with van der Waals surface area (Å²) in [6.07, 6.45) is -0.0584. The first-order valence-electron chi connectivity index (χ1n) is 19.8. The topological polar surface area (TPSA) is 103 Å². The molecule has 5 aromatic carbocycles. The number of nitrogens with zero attached hydrogens (tertiary/aromatic N) is 2. The molecule has 5 aromatic rings. The van der Waals surface area contributed by atoms with Gasteiger partial charge in [-0.2, -0.15) is 0 Å². The van der Waals surface area contributed by atoms with E-state index >= 15 is 0 Å². The minimum absolute atomic E-state index is 0.0492. The lowest BCUT2D eigenvalue weighted by molar-refractivity contribution is -0.276. The van der Waals surface area contributed by atoms with Crippen molar-refractivity contribution in [3.05, 3.63) is 160 Å². The highest BCUT2D eigenvalue weighted by Crippen LogP contribution is 2.43. The molecule has 0 unspecified atom stereocenters. The molecule has 0 bridgehead atoms. The average molecular weight is 827 g/mol. The highest BCUT2D eigenvalue weighted by Gasteiger charge is 2.51. The standard InChI is InChI=1S/C46H43F5N4O5/c1-27-35(24-54-21-19-46(20-22-54)45(58)53-26-55(46)33-8-3-2-4-9-33)59-44(60-42(27)30-13-11-28(25-56)12-14-30)31-17-15-29(16-18-31)34-10-6-5-7-32(34)23-52-43(57)36-37(47)39(49)41(51)40(50)38(36)48/h2-18,27,35,42,44,56H,19-26H2,1H3,(H,52,57)(H,53,58)/t27-,35+,42+,44+/m1/s1. The van der Waals surface area contributed by atoms with Crippen LogP contribution in [0.1, 0.15) is 64.8 Å². The van der Waals surface area contributed by atoms with Gasteiger partial charge in [-0.15, -0.1) is 0 Å². The monoisotopic (exact) mass is 826 g/mol. The normalized spacial score (nSPS) is 21.6. The lowest BCUT2D eigenvalue weighted by Gasteiger charge is -2.46. The number of anilines is 1. The van der Waals surface area contributed by atoms with E-state index in [1.165, 1.54) is 0 Å². The molecule has 4 atom stereocenters. The van der Waals surface area contributed by atoms with Crippen molar-refractivity contribution < 1.29 is 46.1 Å². The summed E-state index contributed by atoms with van der Waals surface area (Å²) in [5, 5.41) is 15.0. The molecule has 3 heterocycles. The fourth-order valence-electron chi connectivity index (χ4n) is 8.56. The molecule has 0 saturated carbocycles. The van der Waals surface area contributed by atoms with E-state index in [9.17, 15) is 36.6 Å². The van der Waals surface area contributed by atoms with Gasteiger partial charge in [-0.05, 0) is 52.8 Å². The van der Waals surface area contributed by atoms with Gasteiger partial charge >= 0.3 is 0 Å². The van der Waals surface area contributed by atoms with Gasteiger partial charge < -0.3 is 35.0 Å². The largest absolute Gasteiger partial charge is 0.392 e. The van der Waals surface area contributed by atoms with E-state index in [1.54, 1.807) is 24.3 Å². The van der Waals surface area contributed by atoms with Crippen LogP contribution in [-0.2, 0) is 27.4 Å². The van der Waals surface area contributed by atoms with E-state index in [1.807, 2.05) is 78.9 Å². The zero-order chi connectivity index (χ0) is 42.1. The number of halogens is 5. The fourth-order valence-corrected chi connectivity index (χ4v) is 8.56. The van der Waals surface area contributed by atoms with Crippen molar-refractivity contribution in [2.45, 2.75) is 57.0 Å². The number of nitrogens with one attached hydrogen (secondary N) is 2. The van der Waals surface area contributed by atoms with E-state index in [2.05, 4.69) is 27.4 Å². The SMILES string of the molecule is C[C@@H]1[C@H](CN2CCC3(CC2)C(=O)NCN3c2ccccc2)O[C@H](c2ccc(-c3ccccc3CNC(=O)c3c(F)c(F)c(F)c(F)c3F)cc2)O[C@@H]1c1ccc(CO)cc1. The van der Waals surface area contributed by atoms with Crippen molar-refractivity contribution in [3.63, 3.8) is 0 Å². The predicted molar refractivity (Wildman–Crippen MR) is 213 cm³/mol. The predicted octanol–water partition coefficient (Wildman–Crippen LogP) is 7.69. The molecule has 3 aliphatic rings. The Labute approximate surface area is 343 Å². The number of aliphatic hydroxyl groups is 1. The third-order valence-corrected chi connectivity index (χ3v) is 12.0. The number of aliphatic hydroxyl groups excluding tert-OH is 1. The first-order chi connectivity index (χ1) is 29.0. The van der Waals surface area contributed by atoms with Crippen molar-refractivity contribution in [2.75, 3.05) is 31.2 Å². The van der Waals surface area contributed by atoms with Crippen LogP contribution in [0.3, 0.4) is 0 Å². The summed E-state index contributed by atoms with van der Waals surface area (Å²) < 4.78 is 83.3. The van der Waals surface area contributed by atoms with Gasteiger partial charge in [0, 0.05) is 43.3 Å². The zero-order valence-electron chi connectivity index (χ0n) is 32.6. The lowest BCUT2D eigenvalue weighted by Crippen LogP contribution is -2.57. The van der Waals surface area contributed by atoms with E-state index in [-0.39, 0.29) is 37.2 Å². The highest BCUT2D eigenvalue weighted by atomic mass is 19.2. The number of amides is 2. The van der Waals surface area contributed by atoms with Gasteiger partial charge in [-0.25, -0.2) is 22.0 Å². The minimum atomic E-state index is -2.34. The van der Waals surface area contributed by atoms with E-state index in [0.29, 0.717) is 50.3 Å². The molecular formula is C46H43F5N4O5. The van der Waals surface area contributed by atoms with Crippen molar-refractivity contribution in [1.29, 1.82) is 0 Å². The van der Waals surface area contributed by atoms with Crippen LogP contribution >= 0.6 is 0 Å². The van der Waals surface area contributed by atoms with Crippen molar-refractivity contribution in [1.82, 2.24) is 15.5 Å². The van der Waals surface area contributed by atoms with Crippen LogP contribution < -0.4 is 15.5 Å². The number of ether oxygens (including phenoxy) is 2. The van der Waals surface area contributed by atoms with Crippen LogP contribution in [0.4, 0.5) is 27.6 Å². The number of hydrogen-bond donors (Lipinski definition) is 3. The van der Waals surface area contributed by atoms with Crippen LogP contribution in [-0.4, -0.2) is 59.8 Å². The van der Waals surface area contributed by atoms with Gasteiger partial charge in [0.15, 0.2) is 29.6 Å². The Morgan fingerprint density at radius 3 is 2.08 bits per heavy atom. The molecule has 3 aliphatic heterocycles. The van der Waals surface area contributed by atoms with E-state index in [4.69, 9.17) is 9.47 Å². The number of carbonyl (C=O) groups excluding carboxylic acids is 2. The molecule has 2 amide bonds. The second-order valence-corrected chi connectivity index (χ2v) is 15.5. The Morgan fingerprint density at radius 2 is 1.42 bits per heavy atom. The van der Waals surface area contributed by atoms with Gasteiger partial charge in [0.25, 0.3) is 5.91 Å². The molecule has 1 spiro atoms. The first-order valence-corrected chi connectivity index (χ1v) is 19.8. The Hall–Kier alpha value is -5.67. The lowest BCUT2D eigenvalue weighted by atomic mass is 9.84. The van der Waals surface area contributed by atoms with Crippen LogP contribution in [0.25, 0.3) is 11.1 Å². The molecule has 312 valence electrons. The van der Waals surface area contributed by atoms with E-state index < -0.39 is 52.4 Å². The van der Waals surface area contributed by atoms with Gasteiger partial charge in [0.05, 0.1) is 25.5 Å². The van der Waals surface area contributed by atoms with Gasteiger partial charge in [0.1, 0.15) is 11.1 Å². The maximum Gasteiger partial charge on any atom is 0.257 e. The Balaban J connectivity index is 0.996. The maximum atomic E-state index is 14.3. The number of likely N-dealkylation sites (tertiary alicyclic amines) is 1. The molecule has 60 heavy (non-hydrogen) atoms. The molecule has 8 rings (SSSR count). The summed E-state index contributed by atoms with van der Waals surface area (Å²) >= 11 is 0. The molecule has 3 fully saturated rings. The Bertz CT molecular complexity index is 2330. The second-order valence-electron chi connectivity index (χ2n) is 15.5. The molecule has 0 aliphatic carbocycles. The molecule has 3 saturated heterocycles. The third-order valence-electron chi connectivity index (χ3n) is 12.0. The number of rotatable bonds is 10. The average Bonchev–Trinajstić information content (AvgIpc) is 3.60. The molecule has 0 radical (unpaired) electrons. The highest BCUT2D eigenvalue weighted by molar-refractivity contribution is 5.95. The van der Waals surface area contributed by atoms with Crippen molar-refractivity contribution >= 4 is 17.5 Å². The quantitative estimate of drug-likeness (QED) is 0.0755. The van der Waals surface area contributed by atoms with Crippen LogP contribution in [0, 0.1) is 35.0 Å². The number of piperidine rings is 1. The van der Waals surface area contributed by atoms with Crippen LogP contribution in [0.2, 0.25) is 0 Å². The summed E-state index contributed by atoms with van der Waals surface area (Å²) in [6, 6.07) is 32.0. The number of hydrogen-bond acceptors (Lipinski definition) is 7. The van der Waals surface area contributed by atoms with Crippen LogP contribution in [0.5, 0.6) is 0 Å². The molecule has 0 aromatic heterocycles. The van der Waals surface area contributed by atoms with Gasteiger partial charge in [-0.1, -0.05) is 97.9 Å². The summed E-state index contributed by atoms with van der Waals surface area (Å²) in [4.78, 5) is 30.6. The van der Waals surface area contributed by atoms with Crippen molar-refractivity contribution in [2.24, 2.45) is 5.92 Å². The molecule has 14 heteroatoms. The Morgan fingerprint density at radius 1 is 0.800 bits per heavy atom. The van der Waals surface area contributed by atoms with E-state index in [0.717, 1.165) is 27.9 Å². The summed E-state index contributed by atoms with van der Waals surface area (Å²) in [5.41, 5.74) is 3.19. The first kappa shape index (κ1) is 41.1. The van der Waals surface area contributed by atoms with Gasteiger partial charge in [-0.3, -0.25) is 9.59 Å². The molecular weight excluding hydrogens is 784 g/mol. The molecule has 3 N–H and O–H groups in total. The minimum Gasteiger partial charge on any atom is -0.392 e. The third kappa shape index (κ3) is 7.76. The number of para-hydroxylation sites is 1. The maximum absolute atomic E-state index is 14.3. The summed E-state index contributed by atoms with van der Waals surface area (Å²) in [6.45, 7) is 4.21.